The first kappa shape index (κ1) is 29.0. The largest absolute Gasteiger partial charge is 0.465 e. The highest BCUT2D eigenvalue weighted by Gasteiger charge is 2.29. The first-order chi connectivity index (χ1) is 19.7. The number of rotatable bonds is 9. The Morgan fingerprint density at radius 2 is 1.85 bits per heavy atom. The molecule has 0 radical (unpaired) electrons. The normalized spacial score (nSPS) is 14.9. The van der Waals surface area contributed by atoms with E-state index < -0.39 is 15.8 Å². The maximum Gasteiger partial charge on any atom is 0.341 e. The lowest BCUT2D eigenvalue weighted by Crippen LogP contribution is -2.17. The number of hydrogen-bond acceptors (Lipinski definition) is 9. The van der Waals surface area contributed by atoms with Crippen molar-refractivity contribution in [2.45, 2.75) is 48.9 Å². The first-order valence-electron chi connectivity index (χ1n) is 13.1. The third-order valence-electron chi connectivity index (χ3n) is 6.90. The zero-order valence-electron chi connectivity index (χ0n) is 22.9. The number of thiophene rings is 1. The van der Waals surface area contributed by atoms with Gasteiger partial charge in [0.1, 0.15) is 10.8 Å². The minimum Gasteiger partial charge on any atom is -0.465 e. The standard InChI is InChI=1S/C29H30N4O5S3/c1-18-9-12-21(13-10-18)41(36,37)17-24-31-32-29(33(24)20-7-5-4-6-8-20)39-16-25(34)30-27-26(28(35)38-3)22-14-11-19(2)15-23(22)40-27/h4-10,12-13,19H,11,14-17H2,1-3H3,(H,30,34). The molecule has 1 amide bonds. The molecule has 0 saturated carbocycles. The fraction of sp³-hybridized carbons (Fsp3) is 0.310. The van der Waals surface area contributed by atoms with Crippen LogP contribution in [0.2, 0.25) is 0 Å². The number of carbonyl (C=O) groups excluding carboxylic acids is 2. The second-order valence-corrected chi connectivity index (χ2v) is 14.1. The molecular formula is C29H30N4O5S3. The predicted octanol–water partition coefficient (Wildman–Crippen LogP) is 5.25. The van der Waals surface area contributed by atoms with Gasteiger partial charge in [0.15, 0.2) is 20.8 Å². The number of benzene rings is 2. The zero-order valence-corrected chi connectivity index (χ0v) is 25.4. The molecule has 0 bridgehead atoms. The van der Waals surface area contributed by atoms with E-state index in [1.54, 1.807) is 28.8 Å². The number of para-hydroxylation sites is 1. The summed E-state index contributed by atoms with van der Waals surface area (Å²) in [5.41, 5.74) is 3.05. The maximum atomic E-state index is 13.2. The molecule has 41 heavy (non-hydrogen) atoms. The van der Waals surface area contributed by atoms with Crippen LogP contribution in [-0.4, -0.2) is 47.9 Å². The van der Waals surface area contributed by atoms with E-state index in [0.29, 0.717) is 27.3 Å². The van der Waals surface area contributed by atoms with Gasteiger partial charge in [-0.05, 0) is 61.9 Å². The number of aryl methyl sites for hydroxylation is 1. The van der Waals surface area contributed by atoms with Crippen LogP contribution in [0.5, 0.6) is 0 Å². The van der Waals surface area contributed by atoms with Crippen molar-refractivity contribution in [2.24, 2.45) is 5.92 Å². The average molecular weight is 611 g/mol. The van der Waals surface area contributed by atoms with Crippen molar-refractivity contribution < 1.29 is 22.7 Å². The van der Waals surface area contributed by atoms with E-state index in [4.69, 9.17) is 4.74 Å². The number of aromatic nitrogens is 3. The average Bonchev–Trinajstić information content (AvgIpc) is 3.51. The minimum atomic E-state index is -3.69. The summed E-state index contributed by atoms with van der Waals surface area (Å²) in [6.07, 6.45) is 2.62. The van der Waals surface area contributed by atoms with E-state index in [0.717, 1.165) is 47.0 Å². The number of hydrogen-bond donors (Lipinski definition) is 1. The fourth-order valence-electron chi connectivity index (χ4n) is 4.77. The summed E-state index contributed by atoms with van der Waals surface area (Å²) in [4.78, 5) is 27.0. The van der Waals surface area contributed by atoms with E-state index in [1.807, 2.05) is 37.3 Å². The summed E-state index contributed by atoms with van der Waals surface area (Å²) in [7, 11) is -2.36. The van der Waals surface area contributed by atoms with Crippen LogP contribution >= 0.6 is 23.1 Å². The van der Waals surface area contributed by atoms with Crippen molar-refractivity contribution in [3.8, 4) is 5.69 Å². The highest BCUT2D eigenvalue weighted by Crippen LogP contribution is 2.40. The van der Waals surface area contributed by atoms with E-state index in [-0.39, 0.29) is 28.1 Å². The fourth-order valence-corrected chi connectivity index (χ4v) is 8.20. The van der Waals surface area contributed by atoms with Crippen LogP contribution in [0.3, 0.4) is 0 Å². The number of ether oxygens (including phenoxy) is 1. The SMILES string of the molecule is COC(=O)c1c(NC(=O)CSc2nnc(CS(=O)(=O)c3ccc(C)cc3)n2-c2ccccc2)sc2c1CCC(C)C2. The van der Waals surface area contributed by atoms with Gasteiger partial charge in [0.2, 0.25) is 5.91 Å². The third-order valence-corrected chi connectivity index (χ3v) is 10.6. The Kier molecular flexibility index (Phi) is 8.62. The maximum absolute atomic E-state index is 13.2. The topological polar surface area (TPSA) is 120 Å². The van der Waals surface area contributed by atoms with Crippen LogP contribution in [-0.2, 0) is 38.0 Å². The molecular weight excluding hydrogens is 581 g/mol. The number of nitrogens with one attached hydrogen (secondary N) is 1. The van der Waals surface area contributed by atoms with Gasteiger partial charge in [0.25, 0.3) is 0 Å². The van der Waals surface area contributed by atoms with Gasteiger partial charge in [0, 0.05) is 10.6 Å². The summed E-state index contributed by atoms with van der Waals surface area (Å²) in [5.74, 6) is -0.389. The van der Waals surface area contributed by atoms with E-state index in [2.05, 4.69) is 22.4 Å². The molecule has 9 nitrogen and oxygen atoms in total. The summed E-state index contributed by atoms with van der Waals surface area (Å²) < 4.78 is 33.1. The zero-order chi connectivity index (χ0) is 29.1. The Balaban J connectivity index is 1.37. The van der Waals surface area contributed by atoms with Gasteiger partial charge in [0.05, 0.1) is 23.3 Å². The molecule has 12 heteroatoms. The van der Waals surface area contributed by atoms with Gasteiger partial charge >= 0.3 is 5.97 Å². The number of thioether (sulfide) groups is 1. The Bertz CT molecular complexity index is 1680. The number of methoxy groups -OCH3 is 1. The molecule has 0 aliphatic heterocycles. The van der Waals surface area contributed by atoms with Gasteiger partial charge in [-0.1, -0.05) is 54.6 Å². The molecule has 0 saturated heterocycles. The van der Waals surface area contributed by atoms with E-state index >= 15 is 0 Å². The number of esters is 1. The Morgan fingerprint density at radius 1 is 1.12 bits per heavy atom. The van der Waals surface area contributed by atoms with Gasteiger partial charge in [-0.25, -0.2) is 13.2 Å². The molecule has 1 aliphatic rings. The molecule has 2 aromatic carbocycles. The molecule has 2 heterocycles. The molecule has 0 spiro atoms. The summed E-state index contributed by atoms with van der Waals surface area (Å²) in [6, 6.07) is 15.9. The predicted molar refractivity (Wildman–Crippen MR) is 160 cm³/mol. The lowest BCUT2D eigenvalue weighted by Gasteiger charge is -2.18. The monoisotopic (exact) mass is 610 g/mol. The van der Waals surface area contributed by atoms with Crippen LogP contribution in [0.25, 0.3) is 5.69 Å². The minimum absolute atomic E-state index is 0.0186. The van der Waals surface area contributed by atoms with Gasteiger partial charge in [-0.15, -0.1) is 21.5 Å². The highest BCUT2D eigenvalue weighted by atomic mass is 32.2. The van der Waals surface area contributed by atoms with Crippen LogP contribution in [0.15, 0.2) is 64.6 Å². The third kappa shape index (κ3) is 6.39. The first-order valence-corrected chi connectivity index (χ1v) is 16.6. The van der Waals surface area contributed by atoms with Crippen molar-refractivity contribution in [3.05, 3.63) is 82.0 Å². The Hall–Kier alpha value is -3.48. The number of nitrogens with zero attached hydrogens (tertiary/aromatic N) is 3. The Labute approximate surface area is 247 Å². The number of amides is 1. The van der Waals surface area contributed by atoms with E-state index in [1.165, 1.54) is 18.4 Å². The van der Waals surface area contributed by atoms with E-state index in [9.17, 15) is 18.0 Å². The Morgan fingerprint density at radius 3 is 2.56 bits per heavy atom. The van der Waals surface area contributed by atoms with Crippen molar-refractivity contribution >= 4 is 49.8 Å². The molecule has 5 rings (SSSR count). The van der Waals surface area contributed by atoms with Gasteiger partial charge in [-0.2, -0.15) is 0 Å². The quantitative estimate of drug-likeness (QED) is 0.202. The summed E-state index contributed by atoms with van der Waals surface area (Å²) in [6.45, 7) is 4.07. The number of sulfone groups is 1. The summed E-state index contributed by atoms with van der Waals surface area (Å²) >= 11 is 2.57. The second kappa shape index (κ2) is 12.2. The molecule has 1 unspecified atom stereocenters. The smallest absolute Gasteiger partial charge is 0.341 e. The van der Waals surface area contributed by atoms with Crippen LogP contribution in [0, 0.1) is 12.8 Å². The second-order valence-electron chi connectivity index (χ2n) is 10.0. The van der Waals surface area contributed by atoms with Gasteiger partial charge < -0.3 is 10.1 Å². The molecule has 4 aromatic rings. The van der Waals surface area contributed by atoms with Crippen LogP contribution < -0.4 is 5.32 Å². The van der Waals surface area contributed by atoms with Crippen molar-refractivity contribution in [3.63, 3.8) is 0 Å². The lowest BCUT2D eigenvalue weighted by molar-refractivity contribution is -0.113. The van der Waals surface area contributed by atoms with Crippen molar-refractivity contribution in [1.82, 2.24) is 14.8 Å². The molecule has 0 fully saturated rings. The van der Waals surface area contributed by atoms with Crippen LogP contribution in [0.4, 0.5) is 5.00 Å². The van der Waals surface area contributed by atoms with Crippen molar-refractivity contribution in [2.75, 3.05) is 18.2 Å². The number of anilines is 1. The summed E-state index contributed by atoms with van der Waals surface area (Å²) in [5, 5.41) is 12.2. The molecule has 1 atom stereocenters. The molecule has 214 valence electrons. The molecule has 1 aliphatic carbocycles. The number of carbonyl (C=O) groups is 2. The molecule has 1 N–H and O–H groups in total. The molecule has 2 aromatic heterocycles. The highest BCUT2D eigenvalue weighted by molar-refractivity contribution is 7.99. The number of fused-ring (bicyclic) bond motifs is 1. The van der Waals surface area contributed by atoms with Crippen LogP contribution in [0.1, 0.15) is 45.5 Å². The van der Waals surface area contributed by atoms with Gasteiger partial charge in [-0.3, -0.25) is 9.36 Å². The lowest BCUT2D eigenvalue weighted by atomic mass is 9.88. The van der Waals surface area contributed by atoms with Crippen molar-refractivity contribution in [1.29, 1.82) is 0 Å².